The molecule has 0 aliphatic carbocycles. The third kappa shape index (κ3) is 3.84. The van der Waals surface area contributed by atoms with Gasteiger partial charge in [-0.3, -0.25) is 0 Å². The molecule has 0 bridgehead atoms. The maximum atomic E-state index is 12.7. The highest BCUT2D eigenvalue weighted by Crippen LogP contribution is 2.33. The number of urea groups is 1. The number of aromatic nitrogens is 1. The lowest BCUT2D eigenvalue weighted by Crippen LogP contribution is -2.34. The number of ether oxygens (including phenoxy) is 1. The average Bonchev–Trinajstić information content (AvgIpc) is 3.12. The van der Waals surface area contributed by atoms with Crippen molar-refractivity contribution in [1.82, 2.24) is 9.88 Å². The average molecular weight is 340 g/mol. The molecule has 0 saturated carbocycles. The minimum atomic E-state index is -0.0854. The summed E-state index contributed by atoms with van der Waals surface area (Å²) in [5.41, 5.74) is 1.84. The Labute approximate surface area is 148 Å². The summed E-state index contributed by atoms with van der Waals surface area (Å²) in [7, 11) is 5.52. The Balaban J connectivity index is 1.69. The van der Waals surface area contributed by atoms with E-state index in [2.05, 4.69) is 10.3 Å². The highest BCUT2D eigenvalue weighted by Gasteiger charge is 2.30. The largest absolute Gasteiger partial charge is 0.497 e. The van der Waals surface area contributed by atoms with Crippen LogP contribution in [0.5, 0.6) is 5.75 Å². The Morgan fingerprint density at radius 1 is 1.24 bits per heavy atom. The van der Waals surface area contributed by atoms with Gasteiger partial charge in [0.25, 0.3) is 0 Å². The van der Waals surface area contributed by atoms with Gasteiger partial charge in [-0.05, 0) is 42.7 Å². The predicted molar refractivity (Wildman–Crippen MR) is 99.3 cm³/mol. The van der Waals surface area contributed by atoms with E-state index >= 15 is 0 Å². The summed E-state index contributed by atoms with van der Waals surface area (Å²) in [4.78, 5) is 20.8. The molecular formula is C19H24N4O2. The lowest BCUT2D eigenvalue weighted by atomic mass is 10.0. The van der Waals surface area contributed by atoms with E-state index in [0.717, 1.165) is 36.5 Å². The van der Waals surface area contributed by atoms with Gasteiger partial charge in [-0.25, -0.2) is 9.78 Å². The smallest absolute Gasteiger partial charge is 0.322 e. The van der Waals surface area contributed by atoms with Crippen LogP contribution in [-0.4, -0.2) is 43.7 Å². The summed E-state index contributed by atoms with van der Waals surface area (Å²) >= 11 is 0. The first kappa shape index (κ1) is 17.1. The fourth-order valence-corrected chi connectivity index (χ4v) is 3.10. The Hall–Kier alpha value is -2.76. The van der Waals surface area contributed by atoms with Crippen LogP contribution >= 0.6 is 0 Å². The standard InChI is InChI=1S/C19H24N4O2/c1-22(2)18-11-8-15(13-20-18)21-19(24)23-12-4-5-17(23)14-6-9-16(25-3)10-7-14/h6-11,13,17H,4-5,12H2,1-3H3,(H,21,24). The van der Waals surface area contributed by atoms with E-state index < -0.39 is 0 Å². The SMILES string of the molecule is COc1ccc(C2CCCN2C(=O)Nc2ccc(N(C)C)nc2)cc1. The number of pyridine rings is 1. The number of hydrogen-bond donors (Lipinski definition) is 1. The molecule has 0 spiro atoms. The van der Waals surface area contributed by atoms with Crippen LogP contribution in [0.1, 0.15) is 24.4 Å². The number of carbonyl (C=O) groups is 1. The van der Waals surface area contributed by atoms with Gasteiger partial charge in [0, 0.05) is 20.6 Å². The Bertz CT molecular complexity index is 713. The minimum Gasteiger partial charge on any atom is -0.497 e. The number of anilines is 2. The molecule has 2 aromatic rings. The van der Waals surface area contributed by atoms with Crippen LogP contribution in [-0.2, 0) is 0 Å². The molecule has 1 aliphatic rings. The van der Waals surface area contributed by atoms with Gasteiger partial charge < -0.3 is 19.9 Å². The van der Waals surface area contributed by atoms with Crippen LogP contribution in [0.2, 0.25) is 0 Å². The predicted octanol–water partition coefficient (Wildman–Crippen LogP) is 3.53. The van der Waals surface area contributed by atoms with Crippen molar-refractivity contribution in [1.29, 1.82) is 0 Å². The van der Waals surface area contributed by atoms with E-state index in [1.54, 1.807) is 13.3 Å². The topological polar surface area (TPSA) is 57.7 Å². The second-order valence-electron chi connectivity index (χ2n) is 6.35. The number of rotatable bonds is 4. The molecule has 2 amide bonds. The van der Waals surface area contributed by atoms with Crippen molar-refractivity contribution in [3.05, 3.63) is 48.2 Å². The zero-order chi connectivity index (χ0) is 17.8. The highest BCUT2D eigenvalue weighted by atomic mass is 16.5. The van der Waals surface area contributed by atoms with Crippen molar-refractivity contribution in [3.63, 3.8) is 0 Å². The number of methoxy groups -OCH3 is 1. The second kappa shape index (κ2) is 7.42. The van der Waals surface area contributed by atoms with Crippen molar-refractivity contribution in [3.8, 4) is 5.75 Å². The lowest BCUT2D eigenvalue weighted by molar-refractivity contribution is 0.207. The van der Waals surface area contributed by atoms with Crippen LogP contribution in [0.4, 0.5) is 16.3 Å². The molecule has 6 heteroatoms. The van der Waals surface area contributed by atoms with Crippen molar-refractivity contribution < 1.29 is 9.53 Å². The van der Waals surface area contributed by atoms with E-state index in [4.69, 9.17) is 4.74 Å². The number of benzene rings is 1. The molecule has 1 aromatic carbocycles. The number of carbonyl (C=O) groups excluding carboxylic acids is 1. The number of amides is 2. The number of hydrogen-bond acceptors (Lipinski definition) is 4. The van der Waals surface area contributed by atoms with Gasteiger partial charge in [-0.1, -0.05) is 12.1 Å². The summed E-state index contributed by atoms with van der Waals surface area (Å²) in [5.74, 6) is 1.68. The maximum Gasteiger partial charge on any atom is 0.322 e. The molecule has 0 radical (unpaired) electrons. The zero-order valence-corrected chi connectivity index (χ0v) is 14.9. The molecule has 1 aliphatic heterocycles. The Morgan fingerprint density at radius 3 is 2.60 bits per heavy atom. The first-order valence-electron chi connectivity index (χ1n) is 8.43. The monoisotopic (exact) mass is 340 g/mol. The van der Waals surface area contributed by atoms with Crippen LogP contribution in [0.3, 0.4) is 0 Å². The molecule has 25 heavy (non-hydrogen) atoms. The number of nitrogens with one attached hydrogen (secondary N) is 1. The van der Waals surface area contributed by atoms with E-state index in [1.807, 2.05) is 60.3 Å². The molecule has 1 fully saturated rings. The Morgan fingerprint density at radius 2 is 2.00 bits per heavy atom. The maximum absolute atomic E-state index is 12.7. The van der Waals surface area contributed by atoms with Gasteiger partial charge in [0.2, 0.25) is 0 Å². The van der Waals surface area contributed by atoms with Gasteiger partial charge in [0.15, 0.2) is 0 Å². The van der Waals surface area contributed by atoms with E-state index in [1.165, 1.54) is 0 Å². The minimum absolute atomic E-state index is 0.0854. The van der Waals surface area contributed by atoms with Crippen LogP contribution in [0, 0.1) is 0 Å². The highest BCUT2D eigenvalue weighted by molar-refractivity contribution is 5.89. The van der Waals surface area contributed by atoms with Crippen LogP contribution < -0.4 is 15.0 Å². The van der Waals surface area contributed by atoms with Crippen molar-refractivity contribution >= 4 is 17.5 Å². The van der Waals surface area contributed by atoms with E-state index in [0.29, 0.717) is 5.69 Å². The second-order valence-corrected chi connectivity index (χ2v) is 6.35. The molecule has 1 saturated heterocycles. The van der Waals surface area contributed by atoms with E-state index in [9.17, 15) is 4.79 Å². The molecule has 6 nitrogen and oxygen atoms in total. The van der Waals surface area contributed by atoms with Gasteiger partial charge >= 0.3 is 6.03 Å². The quantitative estimate of drug-likeness (QED) is 0.925. The molecule has 1 aromatic heterocycles. The fourth-order valence-electron chi connectivity index (χ4n) is 3.10. The van der Waals surface area contributed by atoms with Crippen molar-refractivity contribution in [2.45, 2.75) is 18.9 Å². The van der Waals surface area contributed by atoms with Gasteiger partial charge in [0.05, 0.1) is 25.0 Å². The summed E-state index contributed by atoms with van der Waals surface area (Å²) < 4.78 is 5.21. The van der Waals surface area contributed by atoms with Gasteiger partial charge in [-0.2, -0.15) is 0 Å². The molecule has 3 rings (SSSR count). The molecule has 1 unspecified atom stereocenters. The summed E-state index contributed by atoms with van der Waals surface area (Å²) in [6.07, 6.45) is 3.66. The summed E-state index contributed by atoms with van der Waals surface area (Å²) in [6.45, 7) is 0.756. The third-order valence-corrected chi connectivity index (χ3v) is 4.47. The first-order chi connectivity index (χ1) is 12.1. The molecule has 1 atom stereocenters. The normalized spacial score (nSPS) is 16.6. The molecule has 1 N–H and O–H groups in total. The summed E-state index contributed by atoms with van der Waals surface area (Å²) in [6, 6.07) is 11.7. The molecule has 2 heterocycles. The lowest BCUT2D eigenvalue weighted by Gasteiger charge is -2.25. The van der Waals surface area contributed by atoms with Gasteiger partial charge in [0.1, 0.15) is 11.6 Å². The van der Waals surface area contributed by atoms with Crippen LogP contribution in [0.15, 0.2) is 42.6 Å². The van der Waals surface area contributed by atoms with Gasteiger partial charge in [-0.15, -0.1) is 0 Å². The fraction of sp³-hybridized carbons (Fsp3) is 0.368. The van der Waals surface area contributed by atoms with E-state index in [-0.39, 0.29) is 12.1 Å². The molecular weight excluding hydrogens is 316 g/mol. The number of likely N-dealkylation sites (tertiary alicyclic amines) is 1. The first-order valence-corrected chi connectivity index (χ1v) is 8.43. The molecule has 132 valence electrons. The summed E-state index contributed by atoms with van der Waals surface area (Å²) in [5, 5.41) is 2.95. The van der Waals surface area contributed by atoms with Crippen molar-refractivity contribution in [2.24, 2.45) is 0 Å². The number of nitrogens with zero attached hydrogens (tertiary/aromatic N) is 3. The Kier molecular flexibility index (Phi) is 5.07. The van der Waals surface area contributed by atoms with Crippen molar-refractivity contribution in [2.75, 3.05) is 38.0 Å². The zero-order valence-electron chi connectivity index (χ0n) is 14.9. The van der Waals surface area contributed by atoms with Crippen LogP contribution in [0.25, 0.3) is 0 Å². The third-order valence-electron chi connectivity index (χ3n) is 4.47.